The molecule has 1 amide bonds. The average Bonchev–Trinajstić information content (AvgIpc) is 2.49. The SMILES string of the molecule is COc1ccc(OC)c(NC(=O)c2c[nH]c(=O)c(Cl)c2)c1. The second-order valence-corrected chi connectivity index (χ2v) is 4.49. The first-order valence-electron chi connectivity index (χ1n) is 5.96. The van der Waals surface area contributed by atoms with E-state index >= 15 is 0 Å². The molecule has 1 aromatic carbocycles. The van der Waals surface area contributed by atoms with Gasteiger partial charge in [0.25, 0.3) is 11.5 Å². The van der Waals surface area contributed by atoms with Crippen LogP contribution >= 0.6 is 11.6 Å². The molecule has 0 aliphatic rings. The van der Waals surface area contributed by atoms with E-state index in [4.69, 9.17) is 21.1 Å². The molecule has 0 aliphatic carbocycles. The summed E-state index contributed by atoms with van der Waals surface area (Å²) < 4.78 is 10.3. The van der Waals surface area contributed by atoms with E-state index in [0.717, 1.165) is 0 Å². The smallest absolute Gasteiger partial charge is 0.266 e. The largest absolute Gasteiger partial charge is 0.497 e. The highest BCUT2D eigenvalue weighted by Gasteiger charge is 2.12. The van der Waals surface area contributed by atoms with Gasteiger partial charge in [0.1, 0.15) is 16.5 Å². The monoisotopic (exact) mass is 308 g/mol. The van der Waals surface area contributed by atoms with Gasteiger partial charge in [-0.05, 0) is 18.2 Å². The second-order valence-electron chi connectivity index (χ2n) is 4.09. The number of halogens is 1. The van der Waals surface area contributed by atoms with E-state index in [1.165, 1.54) is 26.5 Å². The number of pyridine rings is 1. The van der Waals surface area contributed by atoms with E-state index in [-0.39, 0.29) is 10.6 Å². The van der Waals surface area contributed by atoms with Gasteiger partial charge in [-0.2, -0.15) is 0 Å². The zero-order valence-electron chi connectivity index (χ0n) is 11.4. The highest BCUT2D eigenvalue weighted by Crippen LogP contribution is 2.29. The Kier molecular flexibility index (Phi) is 4.49. The molecule has 0 spiro atoms. The number of nitrogens with one attached hydrogen (secondary N) is 2. The summed E-state index contributed by atoms with van der Waals surface area (Å²) in [5.41, 5.74) is 0.223. The molecule has 0 bridgehead atoms. The first-order valence-corrected chi connectivity index (χ1v) is 6.34. The predicted octanol–water partition coefficient (Wildman–Crippen LogP) is 2.30. The molecular weight excluding hydrogens is 296 g/mol. The summed E-state index contributed by atoms with van der Waals surface area (Å²) in [6.45, 7) is 0. The van der Waals surface area contributed by atoms with Crippen LogP contribution in [0.2, 0.25) is 5.02 Å². The molecule has 0 saturated carbocycles. The number of H-pyrrole nitrogens is 1. The minimum absolute atomic E-state index is 0.0553. The molecule has 2 N–H and O–H groups in total. The number of methoxy groups -OCH3 is 2. The van der Waals surface area contributed by atoms with Gasteiger partial charge in [0.15, 0.2) is 0 Å². The Morgan fingerprint density at radius 2 is 2.00 bits per heavy atom. The number of aromatic amines is 1. The highest BCUT2D eigenvalue weighted by atomic mass is 35.5. The van der Waals surface area contributed by atoms with Gasteiger partial charge in [0.2, 0.25) is 0 Å². The lowest BCUT2D eigenvalue weighted by Crippen LogP contribution is -2.16. The fraction of sp³-hybridized carbons (Fsp3) is 0.143. The van der Waals surface area contributed by atoms with Crippen molar-refractivity contribution in [3.05, 3.63) is 51.4 Å². The summed E-state index contributed by atoms with van der Waals surface area (Å²) in [6.07, 6.45) is 1.29. The Morgan fingerprint density at radius 3 is 2.62 bits per heavy atom. The van der Waals surface area contributed by atoms with Crippen LogP contribution < -0.4 is 20.3 Å². The molecule has 0 fully saturated rings. The minimum Gasteiger partial charge on any atom is -0.497 e. The number of anilines is 1. The van der Waals surface area contributed by atoms with Crippen molar-refractivity contribution in [2.24, 2.45) is 0 Å². The van der Waals surface area contributed by atoms with Crippen molar-refractivity contribution in [2.75, 3.05) is 19.5 Å². The lowest BCUT2D eigenvalue weighted by atomic mass is 10.2. The third kappa shape index (κ3) is 3.35. The van der Waals surface area contributed by atoms with E-state index in [9.17, 15) is 9.59 Å². The van der Waals surface area contributed by atoms with Gasteiger partial charge in [-0.1, -0.05) is 11.6 Å². The fourth-order valence-corrected chi connectivity index (χ4v) is 1.87. The molecule has 0 atom stereocenters. The minimum atomic E-state index is -0.452. The van der Waals surface area contributed by atoms with Gasteiger partial charge >= 0.3 is 0 Å². The molecule has 0 saturated heterocycles. The number of rotatable bonds is 4. The normalized spacial score (nSPS) is 10.0. The number of aromatic nitrogens is 1. The summed E-state index contributed by atoms with van der Waals surface area (Å²) in [4.78, 5) is 25.7. The molecule has 0 unspecified atom stereocenters. The Bertz CT molecular complexity index is 727. The van der Waals surface area contributed by atoms with Crippen LogP contribution in [0.3, 0.4) is 0 Å². The Balaban J connectivity index is 2.30. The number of benzene rings is 1. The van der Waals surface area contributed by atoms with Crippen molar-refractivity contribution in [1.82, 2.24) is 4.98 Å². The third-order valence-electron chi connectivity index (χ3n) is 2.77. The van der Waals surface area contributed by atoms with Gasteiger partial charge in [-0.25, -0.2) is 0 Å². The number of hydrogen-bond donors (Lipinski definition) is 2. The molecule has 21 heavy (non-hydrogen) atoms. The quantitative estimate of drug-likeness (QED) is 0.908. The Labute approximate surface area is 125 Å². The van der Waals surface area contributed by atoms with Crippen molar-refractivity contribution >= 4 is 23.2 Å². The zero-order chi connectivity index (χ0) is 15.4. The predicted molar refractivity (Wildman–Crippen MR) is 79.6 cm³/mol. The molecular formula is C14H13ClN2O4. The molecule has 7 heteroatoms. The Morgan fingerprint density at radius 1 is 1.24 bits per heavy atom. The van der Waals surface area contributed by atoms with Gasteiger partial charge in [-0.3, -0.25) is 9.59 Å². The van der Waals surface area contributed by atoms with Crippen LogP contribution in [-0.2, 0) is 0 Å². The van der Waals surface area contributed by atoms with Gasteiger partial charge < -0.3 is 19.8 Å². The standard InChI is InChI=1S/C14H13ClN2O4/c1-20-9-3-4-12(21-2)11(6-9)17-13(18)8-5-10(15)14(19)16-7-8/h3-7H,1-2H3,(H,16,19)(H,17,18). The lowest BCUT2D eigenvalue weighted by molar-refractivity contribution is 0.102. The number of amides is 1. The van der Waals surface area contributed by atoms with Crippen LogP contribution in [0.1, 0.15) is 10.4 Å². The van der Waals surface area contributed by atoms with Crippen molar-refractivity contribution in [2.45, 2.75) is 0 Å². The molecule has 2 aromatic rings. The fourth-order valence-electron chi connectivity index (χ4n) is 1.69. The third-order valence-corrected chi connectivity index (χ3v) is 3.06. The maximum Gasteiger partial charge on any atom is 0.266 e. The van der Waals surface area contributed by atoms with E-state index in [0.29, 0.717) is 17.2 Å². The van der Waals surface area contributed by atoms with Gasteiger partial charge in [-0.15, -0.1) is 0 Å². The van der Waals surface area contributed by atoms with E-state index in [2.05, 4.69) is 10.3 Å². The molecule has 6 nitrogen and oxygen atoms in total. The van der Waals surface area contributed by atoms with Crippen LogP contribution in [-0.4, -0.2) is 25.1 Å². The zero-order valence-corrected chi connectivity index (χ0v) is 12.2. The first-order chi connectivity index (χ1) is 10.0. The van der Waals surface area contributed by atoms with Crippen molar-refractivity contribution in [3.8, 4) is 11.5 Å². The molecule has 2 rings (SSSR count). The Hall–Kier alpha value is -2.47. The summed E-state index contributed by atoms with van der Waals surface area (Å²) in [7, 11) is 3.02. The van der Waals surface area contributed by atoms with Crippen LogP contribution in [0.4, 0.5) is 5.69 Å². The number of carbonyl (C=O) groups excluding carboxylic acids is 1. The van der Waals surface area contributed by atoms with Crippen LogP contribution in [0.25, 0.3) is 0 Å². The van der Waals surface area contributed by atoms with Crippen LogP contribution in [0, 0.1) is 0 Å². The van der Waals surface area contributed by atoms with E-state index in [1.54, 1.807) is 18.2 Å². The molecule has 1 aromatic heterocycles. The first kappa shape index (κ1) is 14.9. The molecule has 0 radical (unpaired) electrons. The topological polar surface area (TPSA) is 80.4 Å². The summed E-state index contributed by atoms with van der Waals surface area (Å²) in [6, 6.07) is 6.31. The molecule has 110 valence electrons. The van der Waals surface area contributed by atoms with Crippen molar-refractivity contribution < 1.29 is 14.3 Å². The summed E-state index contributed by atoms with van der Waals surface area (Å²) in [5, 5.41) is 2.62. The number of carbonyl (C=O) groups is 1. The molecule has 0 aliphatic heterocycles. The lowest BCUT2D eigenvalue weighted by Gasteiger charge is -2.11. The summed E-state index contributed by atoms with van der Waals surface area (Å²) in [5.74, 6) is 0.630. The maximum atomic E-state index is 12.2. The maximum absolute atomic E-state index is 12.2. The molecule has 1 heterocycles. The van der Waals surface area contributed by atoms with Gasteiger partial charge in [0.05, 0.1) is 25.5 Å². The van der Waals surface area contributed by atoms with Crippen molar-refractivity contribution in [3.63, 3.8) is 0 Å². The second kappa shape index (κ2) is 6.32. The van der Waals surface area contributed by atoms with E-state index < -0.39 is 11.5 Å². The average molecular weight is 309 g/mol. The van der Waals surface area contributed by atoms with Crippen LogP contribution in [0.15, 0.2) is 35.3 Å². The summed E-state index contributed by atoms with van der Waals surface area (Å²) >= 11 is 5.70. The number of hydrogen-bond acceptors (Lipinski definition) is 4. The van der Waals surface area contributed by atoms with Crippen LogP contribution in [0.5, 0.6) is 11.5 Å². The van der Waals surface area contributed by atoms with Crippen molar-refractivity contribution in [1.29, 1.82) is 0 Å². The van der Waals surface area contributed by atoms with Gasteiger partial charge in [0, 0.05) is 12.3 Å². The van der Waals surface area contributed by atoms with E-state index in [1.807, 2.05) is 0 Å². The number of ether oxygens (including phenoxy) is 2. The highest BCUT2D eigenvalue weighted by molar-refractivity contribution is 6.30.